The second-order valence-electron chi connectivity index (χ2n) is 2.65. The van der Waals surface area contributed by atoms with Gasteiger partial charge in [-0.25, -0.2) is 13.1 Å². The maximum absolute atomic E-state index is 10.7. The Morgan fingerprint density at radius 2 is 2.38 bits per heavy atom. The van der Waals surface area contributed by atoms with E-state index in [1.165, 1.54) is 11.3 Å². The molecule has 1 aromatic heterocycles. The number of hydrogen-bond donors (Lipinski definition) is 2. The largest absolute Gasteiger partial charge is 0.386 e. The van der Waals surface area contributed by atoms with Gasteiger partial charge in [-0.15, -0.1) is 11.3 Å². The minimum atomic E-state index is -3.22. The van der Waals surface area contributed by atoms with Gasteiger partial charge in [-0.1, -0.05) is 6.07 Å². The van der Waals surface area contributed by atoms with Crippen molar-refractivity contribution < 1.29 is 13.5 Å². The summed E-state index contributed by atoms with van der Waals surface area (Å²) in [6.07, 6.45) is 0.309. The van der Waals surface area contributed by atoms with Gasteiger partial charge < -0.3 is 5.11 Å². The molecule has 0 aliphatic carbocycles. The van der Waals surface area contributed by atoms with Gasteiger partial charge in [-0.05, 0) is 11.4 Å². The second-order valence-corrected chi connectivity index (χ2v) is 5.46. The molecular formula is C7H11NO3S2. The number of aliphatic hydroxyl groups excluding tert-OH is 1. The Kier molecular flexibility index (Phi) is 3.43. The van der Waals surface area contributed by atoms with Crippen molar-refractivity contribution in [3.8, 4) is 0 Å². The fourth-order valence-electron chi connectivity index (χ4n) is 0.812. The van der Waals surface area contributed by atoms with E-state index in [1.54, 1.807) is 6.07 Å². The Bertz CT molecular complexity index is 344. The van der Waals surface area contributed by atoms with Crippen molar-refractivity contribution in [3.63, 3.8) is 0 Å². The molecule has 0 saturated heterocycles. The van der Waals surface area contributed by atoms with Gasteiger partial charge in [-0.2, -0.15) is 0 Å². The molecule has 1 aromatic rings. The van der Waals surface area contributed by atoms with Crippen LogP contribution in [0, 0.1) is 0 Å². The molecule has 4 nitrogen and oxygen atoms in total. The van der Waals surface area contributed by atoms with Gasteiger partial charge in [0.25, 0.3) is 0 Å². The summed E-state index contributed by atoms with van der Waals surface area (Å²) >= 11 is 1.40. The highest BCUT2D eigenvalue weighted by atomic mass is 32.2. The van der Waals surface area contributed by atoms with E-state index in [1.807, 2.05) is 11.4 Å². The normalized spacial score (nSPS) is 14.3. The number of thiophene rings is 1. The minimum Gasteiger partial charge on any atom is -0.386 e. The van der Waals surface area contributed by atoms with Gasteiger partial charge in [0, 0.05) is 11.4 Å². The van der Waals surface area contributed by atoms with E-state index >= 15 is 0 Å². The standard InChI is InChI=1S/C7H11NO3S2/c1-13(10,11)8-5-6(9)7-3-2-4-12-7/h2-4,6,8-9H,5H2,1H3. The average Bonchev–Trinajstić information content (AvgIpc) is 2.50. The van der Waals surface area contributed by atoms with Crippen LogP contribution < -0.4 is 4.72 Å². The van der Waals surface area contributed by atoms with Crippen molar-refractivity contribution in [2.45, 2.75) is 6.10 Å². The Balaban J connectivity index is 2.48. The summed E-state index contributed by atoms with van der Waals surface area (Å²) in [6.45, 7) is 0.0271. The number of aliphatic hydroxyl groups is 1. The Hall–Kier alpha value is -0.430. The van der Waals surface area contributed by atoms with E-state index in [-0.39, 0.29) is 6.54 Å². The van der Waals surface area contributed by atoms with Crippen LogP contribution >= 0.6 is 11.3 Å². The summed E-state index contributed by atoms with van der Waals surface area (Å²) in [6, 6.07) is 3.57. The van der Waals surface area contributed by atoms with Crippen molar-refractivity contribution in [1.82, 2.24) is 4.72 Å². The van der Waals surface area contributed by atoms with Crippen molar-refractivity contribution in [2.75, 3.05) is 12.8 Å². The van der Waals surface area contributed by atoms with E-state index in [0.29, 0.717) is 0 Å². The molecule has 1 rings (SSSR count). The first-order chi connectivity index (χ1) is 5.99. The van der Waals surface area contributed by atoms with Crippen molar-refractivity contribution in [2.24, 2.45) is 0 Å². The third-order valence-corrected chi connectivity index (χ3v) is 3.08. The molecule has 13 heavy (non-hydrogen) atoms. The molecule has 0 fully saturated rings. The molecular weight excluding hydrogens is 210 g/mol. The molecule has 6 heteroatoms. The van der Waals surface area contributed by atoms with Crippen LogP contribution in [0.4, 0.5) is 0 Å². The summed E-state index contributed by atoms with van der Waals surface area (Å²) in [4.78, 5) is 0.760. The van der Waals surface area contributed by atoms with Gasteiger partial charge in [0.05, 0.1) is 6.26 Å². The molecule has 0 aliphatic heterocycles. The summed E-state index contributed by atoms with van der Waals surface area (Å²) in [7, 11) is -3.22. The van der Waals surface area contributed by atoms with Crippen molar-refractivity contribution in [1.29, 1.82) is 0 Å². The van der Waals surface area contributed by atoms with Crippen LogP contribution in [0.2, 0.25) is 0 Å². The van der Waals surface area contributed by atoms with Crippen LogP contribution in [-0.2, 0) is 10.0 Å². The lowest BCUT2D eigenvalue weighted by molar-refractivity contribution is 0.186. The van der Waals surface area contributed by atoms with Crippen LogP contribution in [-0.4, -0.2) is 26.3 Å². The highest BCUT2D eigenvalue weighted by molar-refractivity contribution is 7.88. The zero-order chi connectivity index (χ0) is 9.90. The van der Waals surface area contributed by atoms with Gasteiger partial charge in [-0.3, -0.25) is 0 Å². The van der Waals surface area contributed by atoms with Gasteiger partial charge in [0.2, 0.25) is 10.0 Å². The van der Waals surface area contributed by atoms with Gasteiger partial charge >= 0.3 is 0 Å². The smallest absolute Gasteiger partial charge is 0.208 e. The zero-order valence-corrected chi connectivity index (χ0v) is 8.73. The summed E-state index contributed by atoms with van der Waals surface area (Å²) < 4.78 is 23.6. The fraction of sp³-hybridized carbons (Fsp3) is 0.429. The molecule has 0 aliphatic rings. The van der Waals surface area contributed by atoms with Crippen LogP contribution in [0.3, 0.4) is 0 Å². The first-order valence-electron chi connectivity index (χ1n) is 3.65. The summed E-state index contributed by atoms with van der Waals surface area (Å²) in [5.41, 5.74) is 0. The average molecular weight is 221 g/mol. The number of rotatable bonds is 4. The van der Waals surface area contributed by atoms with E-state index in [0.717, 1.165) is 11.1 Å². The van der Waals surface area contributed by atoms with E-state index in [2.05, 4.69) is 4.72 Å². The molecule has 74 valence electrons. The molecule has 1 heterocycles. The Labute approximate surface area is 81.3 Å². The molecule has 0 aromatic carbocycles. The van der Waals surface area contributed by atoms with E-state index in [9.17, 15) is 13.5 Å². The van der Waals surface area contributed by atoms with Gasteiger partial charge in [0.1, 0.15) is 6.10 Å². The third-order valence-electron chi connectivity index (χ3n) is 1.41. The fourth-order valence-corrected chi connectivity index (χ4v) is 1.98. The lowest BCUT2D eigenvalue weighted by Gasteiger charge is -2.07. The van der Waals surface area contributed by atoms with E-state index in [4.69, 9.17) is 0 Å². The molecule has 0 amide bonds. The molecule has 0 saturated carbocycles. The van der Waals surface area contributed by atoms with Crippen LogP contribution in [0.15, 0.2) is 17.5 Å². The second kappa shape index (κ2) is 4.19. The number of sulfonamides is 1. The SMILES string of the molecule is CS(=O)(=O)NCC(O)c1cccs1. The molecule has 0 bridgehead atoms. The lowest BCUT2D eigenvalue weighted by atomic mass is 10.3. The summed E-state index contributed by atoms with van der Waals surface area (Å²) in [5, 5.41) is 11.3. The van der Waals surface area contributed by atoms with Gasteiger partial charge in [0.15, 0.2) is 0 Å². The predicted octanol–water partition coefficient (Wildman–Crippen LogP) is 0.331. The maximum atomic E-state index is 10.7. The molecule has 1 unspecified atom stereocenters. The quantitative estimate of drug-likeness (QED) is 0.770. The van der Waals surface area contributed by atoms with Crippen molar-refractivity contribution in [3.05, 3.63) is 22.4 Å². The topological polar surface area (TPSA) is 66.4 Å². The highest BCUT2D eigenvalue weighted by Crippen LogP contribution is 2.17. The van der Waals surface area contributed by atoms with Crippen LogP contribution in [0.25, 0.3) is 0 Å². The number of hydrogen-bond acceptors (Lipinski definition) is 4. The summed E-state index contributed by atoms with van der Waals surface area (Å²) in [5.74, 6) is 0. The molecule has 0 spiro atoms. The third kappa shape index (κ3) is 3.86. The number of nitrogens with one attached hydrogen (secondary N) is 1. The molecule has 1 atom stereocenters. The lowest BCUT2D eigenvalue weighted by Crippen LogP contribution is -2.26. The van der Waals surface area contributed by atoms with Crippen LogP contribution in [0.1, 0.15) is 11.0 Å². The maximum Gasteiger partial charge on any atom is 0.208 e. The monoisotopic (exact) mass is 221 g/mol. The highest BCUT2D eigenvalue weighted by Gasteiger charge is 2.10. The van der Waals surface area contributed by atoms with E-state index < -0.39 is 16.1 Å². The first-order valence-corrected chi connectivity index (χ1v) is 6.42. The Morgan fingerprint density at radius 3 is 2.85 bits per heavy atom. The minimum absolute atomic E-state index is 0.0271. The molecule has 0 radical (unpaired) electrons. The Morgan fingerprint density at radius 1 is 1.69 bits per heavy atom. The van der Waals surface area contributed by atoms with Crippen LogP contribution in [0.5, 0.6) is 0 Å². The predicted molar refractivity (Wildman–Crippen MR) is 52.1 cm³/mol. The molecule has 2 N–H and O–H groups in total. The zero-order valence-electron chi connectivity index (χ0n) is 7.10. The first kappa shape index (κ1) is 10.6. The van der Waals surface area contributed by atoms with Crippen molar-refractivity contribution >= 4 is 21.4 Å².